The quantitative estimate of drug-likeness (QED) is 0.712. The summed E-state index contributed by atoms with van der Waals surface area (Å²) in [6.45, 7) is 1.69. The number of hydrogen-bond donors (Lipinski definition) is 2. The number of carbonyl (C=O) groups is 1. The lowest BCUT2D eigenvalue weighted by molar-refractivity contribution is 0.100. The first-order valence-corrected chi connectivity index (χ1v) is 8.57. The minimum Gasteiger partial charge on any atom is -0.366 e. The highest BCUT2D eigenvalue weighted by Crippen LogP contribution is 2.29. The summed E-state index contributed by atoms with van der Waals surface area (Å²) in [6, 6.07) is 12.1. The summed E-state index contributed by atoms with van der Waals surface area (Å²) in [6.07, 6.45) is 1.93. The Kier molecular flexibility index (Phi) is 4.03. The predicted octanol–water partition coefficient (Wildman–Crippen LogP) is 2.01. The van der Waals surface area contributed by atoms with E-state index in [4.69, 9.17) is 13.6 Å². The first kappa shape index (κ1) is 16.8. The van der Waals surface area contributed by atoms with Gasteiger partial charge in [0.15, 0.2) is 0 Å². The van der Waals surface area contributed by atoms with Crippen molar-refractivity contribution < 1.29 is 9.18 Å². The molecule has 0 bridgehead atoms. The first-order chi connectivity index (χ1) is 12.5. The molecule has 4 rings (SSSR count). The van der Waals surface area contributed by atoms with Crippen LogP contribution in [-0.2, 0) is 5.31 Å². The average Bonchev–Trinajstić information content (AvgIpc) is 2.99. The maximum absolute atomic E-state index is 14.8. The molecule has 3 aromatic rings. The van der Waals surface area contributed by atoms with E-state index in [0.29, 0.717) is 12.2 Å². The molecule has 1 aliphatic heterocycles. The Bertz CT molecular complexity index is 977. The SMILES string of the molecule is [B][C@@]1(c2ccc(-n3nc4c(C(N)=O)cccc4c3F)cc2)CCCNC1. The summed E-state index contributed by atoms with van der Waals surface area (Å²) < 4.78 is 16.0. The molecule has 0 spiro atoms. The number of nitrogens with zero attached hydrogens (tertiary/aromatic N) is 2. The second kappa shape index (κ2) is 6.25. The zero-order chi connectivity index (χ0) is 18.3. The van der Waals surface area contributed by atoms with Crippen LogP contribution in [0.3, 0.4) is 0 Å². The zero-order valence-electron chi connectivity index (χ0n) is 14.2. The van der Waals surface area contributed by atoms with Crippen molar-refractivity contribution in [2.45, 2.75) is 18.2 Å². The van der Waals surface area contributed by atoms with E-state index in [9.17, 15) is 9.18 Å². The molecule has 1 aliphatic rings. The van der Waals surface area contributed by atoms with E-state index in [2.05, 4.69) is 10.4 Å². The van der Waals surface area contributed by atoms with Gasteiger partial charge in [-0.25, -0.2) is 4.68 Å². The number of aromatic nitrogens is 2. The molecular formula is C19H18BFN4O. The van der Waals surface area contributed by atoms with Crippen molar-refractivity contribution in [3.63, 3.8) is 0 Å². The highest BCUT2D eigenvalue weighted by atomic mass is 19.1. The van der Waals surface area contributed by atoms with Gasteiger partial charge >= 0.3 is 0 Å². The molecule has 0 aliphatic carbocycles. The number of nitrogens with two attached hydrogens (primary N) is 1. The Hall–Kier alpha value is -2.67. The van der Waals surface area contributed by atoms with E-state index in [1.54, 1.807) is 30.3 Å². The third kappa shape index (κ3) is 2.68. The van der Waals surface area contributed by atoms with Gasteiger partial charge in [0.05, 0.1) is 24.5 Å². The molecule has 1 amide bonds. The number of primary amides is 1. The van der Waals surface area contributed by atoms with Gasteiger partial charge in [0.2, 0.25) is 5.95 Å². The molecule has 2 radical (unpaired) electrons. The highest BCUT2D eigenvalue weighted by Gasteiger charge is 2.28. The van der Waals surface area contributed by atoms with Crippen LogP contribution < -0.4 is 11.1 Å². The Morgan fingerprint density at radius 1 is 1.27 bits per heavy atom. The van der Waals surface area contributed by atoms with Crippen LogP contribution in [-0.4, -0.2) is 36.6 Å². The van der Waals surface area contributed by atoms with Crippen molar-refractivity contribution in [3.05, 3.63) is 59.5 Å². The minimum atomic E-state index is -0.634. The third-order valence-corrected chi connectivity index (χ3v) is 5.01. The summed E-state index contributed by atoms with van der Waals surface area (Å²) in [5.41, 5.74) is 7.39. The number of hydrogen-bond acceptors (Lipinski definition) is 3. The smallest absolute Gasteiger partial charge is 0.250 e. The fourth-order valence-electron chi connectivity index (χ4n) is 3.56. The molecule has 5 nitrogen and oxygen atoms in total. The number of rotatable bonds is 3. The Morgan fingerprint density at radius 2 is 2.04 bits per heavy atom. The normalized spacial score (nSPS) is 20.3. The molecule has 130 valence electrons. The van der Waals surface area contributed by atoms with Gasteiger partial charge in [-0.2, -0.15) is 9.49 Å². The van der Waals surface area contributed by atoms with Crippen LogP contribution in [0.2, 0.25) is 0 Å². The average molecular weight is 348 g/mol. The van der Waals surface area contributed by atoms with Crippen molar-refractivity contribution in [2.75, 3.05) is 13.1 Å². The molecule has 1 aromatic heterocycles. The summed E-state index contributed by atoms with van der Waals surface area (Å²) >= 11 is 0. The van der Waals surface area contributed by atoms with Gasteiger partial charge in [-0.05, 0) is 61.1 Å². The van der Waals surface area contributed by atoms with E-state index in [1.165, 1.54) is 4.68 Å². The van der Waals surface area contributed by atoms with Crippen LogP contribution >= 0.6 is 0 Å². The Morgan fingerprint density at radius 3 is 2.69 bits per heavy atom. The molecule has 0 unspecified atom stereocenters. The molecular weight excluding hydrogens is 330 g/mol. The first-order valence-electron chi connectivity index (χ1n) is 8.57. The fourth-order valence-corrected chi connectivity index (χ4v) is 3.56. The van der Waals surface area contributed by atoms with Gasteiger partial charge < -0.3 is 11.1 Å². The molecule has 2 aromatic carbocycles. The second-order valence-electron chi connectivity index (χ2n) is 6.75. The number of carbonyl (C=O) groups excluding carboxylic acids is 1. The van der Waals surface area contributed by atoms with Crippen LogP contribution in [0.1, 0.15) is 28.8 Å². The van der Waals surface area contributed by atoms with Crippen molar-refractivity contribution in [2.24, 2.45) is 5.73 Å². The monoisotopic (exact) mass is 348 g/mol. The Labute approximate surface area is 151 Å². The van der Waals surface area contributed by atoms with Gasteiger partial charge in [-0.3, -0.25) is 4.79 Å². The van der Waals surface area contributed by atoms with Crippen LogP contribution in [0.15, 0.2) is 42.5 Å². The molecule has 2 heterocycles. The molecule has 7 heteroatoms. The Balaban J connectivity index is 1.75. The van der Waals surface area contributed by atoms with Crippen molar-refractivity contribution in [3.8, 4) is 5.69 Å². The number of benzene rings is 2. The summed E-state index contributed by atoms with van der Waals surface area (Å²) in [5, 5.41) is 7.43. The molecule has 1 atom stereocenters. The van der Waals surface area contributed by atoms with Crippen molar-refractivity contribution in [1.29, 1.82) is 0 Å². The van der Waals surface area contributed by atoms with Gasteiger partial charge in [0, 0.05) is 0 Å². The maximum atomic E-state index is 14.8. The third-order valence-electron chi connectivity index (χ3n) is 5.01. The van der Waals surface area contributed by atoms with Crippen LogP contribution in [0.25, 0.3) is 16.6 Å². The maximum Gasteiger partial charge on any atom is 0.250 e. The van der Waals surface area contributed by atoms with Crippen molar-refractivity contribution in [1.82, 2.24) is 15.1 Å². The second-order valence-corrected chi connectivity index (χ2v) is 6.75. The van der Waals surface area contributed by atoms with Gasteiger partial charge in [0.25, 0.3) is 5.91 Å². The van der Waals surface area contributed by atoms with E-state index in [-0.39, 0.29) is 16.5 Å². The largest absolute Gasteiger partial charge is 0.366 e. The summed E-state index contributed by atoms with van der Waals surface area (Å²) in [5.74, 6) is -1.16. The summed E-state index contributed by atoms with van der Waals surface area (Å²) in [4.78, 5) is 11.6. The predicted molar refractivity (Wildman–Crippen MR) is 99.1 cm³/mol. The number of nitrogens with one attached hydrogen (secondary N) is 1. The molecule has 0 saturated carbocycles. The van der Waals surface area contributed by atoms with E-state index < -0.39 is 17.2 Å². The van der Waals surface area contributed by atoms with E-state index >= 15 is 0 Å². The standard InChI is InChI=1S/C19H18BFN4O/c20-19(9-2-10-23-11-19)12-5-7-13(8-6-12)25-17(21)14-3-1-4-15(18(22)26)16(14)24-25/h1,3-8,23H,2,9-11H2,(H2,22,26)/t19-/m0/s1. The van der Waals surface area contributed by atoms with E-state index in [0.717, 1.165) is 24.9 Å². The highest BCUT2D eigenvalue weighted by molar-refractivity contribution is 6.16. The number of amides is 1. The number of piperidine rings is 1. The lowest BCUT2D eigenvalue weighted by Crippen LogP contribution is -2.43. The number of halogens is 1. The van der Waals surface area contributed by atoms with E-state index in [1.807, 2.05) is 12.1 Å². The lowest BCUT2D eigenvalue weighted by atomic mass is 9.60. The van der Waals surface area contributed by atoms with Crippen LogP contribution in [0.4, 0.5) is 4.39 Å². The zero-order valence-corrected chi connectivity index (χ0v) is 14.2. The summed E-state index contributed by atoms with van der Waals surface area (Å²) in [7, 11) is 6.50. The van der Waals surface area contributed by atoms with Crippen LogP contribution in [0.5, 0.6) is 0 Å². The molecule has 1 fully saturated rings. The van der Waals surface area contributed by atoms with Crippen molar-refractivity contribution >= 4 is 24.7 Å². The van der Waals surface area contributed by atoms with Gasteiger partial charge in [0.1, 0.15) is 5.52 Å². The van der Waals surface area contributed by atoms with Crippen LogP contribution in [0, 0.1) is 5.95 Å². The topological polar surface area (TPSA) is 72.9 Å². The molecule has 26 heavy (non-hydrogen) atoms. The van der Waals surface area contributed by atoms with Gasteiger partial charge in [-0.1, -0.05) is 18.2 Å². The molecule has 3 N–H and O–H groups in total. The fraction of sp³-hybridized carbons (Fsp3) is 0.263. The lowest BCUT2D eigenvalue weighted by Gasteiger charge is -2.35. The van der Waals surface area contributed by atoms with Gasteiger partial charge in [-0.15, -0.1) is 0 Å². The number of fused-ring (bicyclic) bond motifs is 1. The minimum absolute atomic E-state index is 0.200. The molecule has 1 saturated heterocycles.